The van der Waals surface area contributed by atoms with Crippen molar-refractivity contribution < 1.29 is 19.1 Å². The minimum absolute atomic E-state index is 0.252. The van der Waals surface area contributed by atoms with Gasteiger partial charge in [0.25, 0.3) is 0 Å². The normalized spacial score (nSPS) is 26.6. The van der Waals surface area contributed by atoms with E-state index in [1.807, 2.05) is 20.8 Å². The number of fused-ring (bicyclic) bond motifs is 1. The topological polar surface area (TPSA) is 67.9 Å². The van der Waals surface area contributed by atoms with Crippen LogP contribution in [0.15, 0.2) is 12.2 Å². The van der Waals surface area contributed by atoms with Crippen LogP contribution in [0.25, 0.3) is 0 Å². The number of likely N-dealkylation sites (tertiary alicyclic amines) is 1. The molecule has 0 spiro atoms. The Bertz CT molecular complexity index is 470. The summed E-state index contributed by atoms with van der Waals surface area (Å²) in [5.74, 6) is 1.02. The summed E-state index contributed by atoms with van der Waals surface area (Å²) in [4.78, 5) is 25.5. The molecule has 2 rings (SSSR count). The van der Waals surface area contributed by atoms with Gasteiger partial charge in [0, 0.05) is 19.6 Å². The van der Waals surface area contributed by atoms with Crippen molar-refractivity contribution in [3.63, 3.8) is 0 Å². The number of carbonyl (C=O) groups is 2. The van der Waals surface area contributed by atoms with Gasteiger partial charge in [0.2, 0.25) is 0 Å². The summed E-state index contributed by atoms with van der Waals surface area (Å²) in [5.41, 5.74) is -0.481. The molecule has 130 valence electrons. The second-order valence-electron chi connectivity index (χ2n) is 7.24. The lowest BCUT2D eigenvalue weighted by Crippen LogP contribution is -2.37. The van der Waals surface area contributed by atoms with Crippen LogP contribution in [-0.2, 0) is 9.47 Å². The Hall–Kier alpha value is -1.72. The molecule has 1 aliphatic heterocycles. The van der Waals surface area contributed by atoms with E-state index >= 15 is 0 Å². The van der Waals surface area contributed by atoms with E-state index in [9.17, 15) is 9.59 Å². The summed E-state index contributed by atoms with van der Waals surface area (Å²) < 4.78 is 10.4. The second-order valence-corrected chi connectivity index (χ2v) is 7.24. The number of hydrogen-bond acceptors (Lipinski definition) is 4. The minimum Gasteiger partial charge on any atom is -0.450 e. The number of alkyl carbamates (subject to hydrolysis) is 1. The van der Waals surface area contributed by atoms with Gasteiger partial charge in [-0.05, 0) is 51.9 Å². The molecular formula is C17H28N2O4. The molecule has 0 aromatic carbocycles. The van der Waals surface area contributed by atoms with Crippen LogP contribution in [0.1, 0.15) is 34.1 Å². The highest BCUT2D eigenvalue weighted by Gasteiger charge is 2.41. The first-order valence-electron chi connectivity index (χ1n) is 8.35. The molecule has 1 saturated heterocycles. The smallest absolute Gasteiger partial charge is 0.410 e. The Morgan fingerprint density at radius 1 is 1.30 bits per heavy atom. The fourth-order valence-corrected chi connectivity index (χ4v) is 3.27. The predicted octanol–water partition coefficient (Wildman–Crippen LogP) is 2.79. The van der Waals surface area contributed by atoms with Crippen LogP contribution < -0.4 is 5.32 Å². The molecule has 6 nitrogen and oxygen atoms in total. The third-order valence-corrected chi connectivity index (χ3v) is 4.28. The minimum atomic E-state index is -0.481. The molecule has 0 aromatic rings. The summed E-state index contributed by atoms with van der Waals surface area (Å²) in [7, 11) is 0. The zero-order valence-corrected chi connectivity index (χ0v) is 14.5. The summed E-state index contributed by atoms with van der Waals surface area (Å²) >= 11 is 0. The van der Waals surface area contributed by atoms with Gasteiger partial charge < -0.3 is 19.7 Å². The van der Waals surface area contributed by atoms with E-state index in [-0.39, 0.29) is 12.2 Å². The number of ether oxygens (including phenoxy) is 2. The van der Waals surface area contributed by atoms with Crippen molar-refractivity contribution in [3.05, 3.63) is 12.2 Å². The number of nitrogens with one attached hydrogen (secondary N) is 1. The molecule has 2 amide bonds. The number of rotatable bonds is 3. The highest BCUT2D eigenvalue weighted by atomic mass is 16.6. The van der Waals surface area contributed by atoms with E-state index in [0.717, 1.165) is 6.42 Å². The van der Waals surface area contributed by atoms with Crippen LogP contribution in [0, 0.1) is 17.8 Å². The standard InChI is InChI=1S/C17H28N2O4/c1-5-22-15(20)18-9-12-7-6-8-13-10-19(11-14(12)13)16(21)23-17(2,3)4/h6,8,12-14H,5,7,9-11H2,1-4H3,(H,18,20)/t12-,13?,14?/m1/s1. The van der Waals surface area contributed by atoms with E-state index < -0.39 is 5.60 Å². The molecule has 1 aliphatic carbocycles. The number of nitrogens with zero attached hydrogens (tertiary/aromatic N) is 1. The van der Waals surface area contributed by atoms with Crippen molar-refractivity contribution in [1.82, 2.24) is 10.2 Å². The van der Waals surface area contributed by atoms with Crippen LogP contribution in [0.5, 0.6) is 0 Å². The van der Waals surface area contributed by atoms with Crippen molar-refractivity contribution in [3.8, 4) is 0 Å². The number of carbonyl (C=O) groups excluding carboxylic acids is 2. The predicted molar refractivity (Wildman–Crippen MR) is 87.1 cm³/mol. The third kappa shape index (κ3) is 4.88. The van der Waals surface area contributed by atoms with E-state index in [4.69, 9.17) is 9.47 Å². The highest BCUT2D eigenvalue weighted by molar-refractivity contribution is 5.69. The van der Waals surface area contributed by atoms with Gasteiger partial charge in [-0.3, -0.25) is 0 Å². The third-order valence-electron chi connectivity index (χ3n) is 4.28. The number of hydrogen-bond donors (Lipinski definition) is 1. The number of allylic oxidation sites excluding steroid dienone is 1. The summed E-state index contributed by atoms with van der Waals surface area (Å²) in [5, 5.41) is 2.82. The van der Waals surface area contributed by atoms with Crippen LogP contribution in [0.4, 0.5) is 9.59 Å². The molecule has 3 atom stereocenters. The monoisotopic (exact) mass is 324 g/mol. The molecule has 0 aromatic heterocycles. The molecule has 1 fully saturated rings. The summed E-state index contributed by atoms with van der Waals surface area (Å²) in [6.45, 7) is 9.72. The van der Waals surface area contributed by atoms with Crippen LogP contribution in [0.3, 0.4) is 0 Å². The van der Waals surface area contributed by atoms with Gasteiger partial charge in [-0.1, -0.05) is 12.2 Å². The zero-order chi connectivity index (χ0) is 17.0. The lowest BCUT2D eigenvalue weighted by molar-refractivity contribution is 0.0282. The first-order valence-corrected chi connectivity index (χ1v) is 8.35. The molecule has 1 N–H and O–H groups in total. The van der Waals surface area contributed by atoms with Crippen LogP contribution in [-0.4, -0.2) is 48.9 Å². The quantitative estimate of drug-likeness (QED) is 0.811. The fourth-order valence-electron chi connectivity index (χ4n) is 3.27. The Morgan fingerprint density at radius 2 is 2.04 bits per heavy atom. The Kier molecular flexibility index (Phi) is 5.55. The maximum atomic E-state index is 12.3. The van der Waals surface area contributed by atoms with Crippen molar-refractivity contribution in [2.24, 2.45) is 17.8 Å². The largest absolute Gasteiger partial charge is 0.450 e. The van der Waals surface area contributed by atoms with Gasteiger partial charge >= 0.3 is 12.2 Å². The molecule has 6 heteroatoms. The van der Waals surface area contributed by atoms with E-state index in [0.29, 0.717) is 44.0 Å². The van der Waals surface area contributed by atoms with Crippen LogP contribution >= 0.6 is 0 Å². The van der Waals surface area contributed by atoms with E-state index in [1.165, 1.54) is 0 Å². The van der Waals surface area contributed by atoms with Crippen molar-refractivity contribution in [2.75, 3.05) is 26.2 Å². The lowest BCUT2D eigenvalue weighted by Gasteiger charge is -2.29. The molecule has 0 radical (unpaired) electrons. The first-order chi connectivity index (χ1) is 10.8. The Morgan fingerprint density at radius 3 is 2.70 bits per heavy atom. The van der Waals surface area contributed by atoms with Gasteiger partial charge in [-0.2, -0.15) is 0 Å². The molecule has 0 bridgehead atoms. The van der Waals surface area contributed by atoms with Gasteiger partial charge in [0.05, 0.1) is 6.61 Å². The molecular weight excluding hydrogens is 296 g/mol. The zero-order valence-electron chi connectivity index (χ0n) is 14.5. The summed E-state index contributed by atoms with van der Waals surface area (Å²) in [6.07, 6.45) is 4.63. The van der Waals surface area contributed by atoms with Gasteiger partial charge in [-0.15, -0.1) is 0 Å². The van der Waals surface area contributed by atoms with Gasteiger partial charge in [0.1, 0.15) is 5.60 Å². The molecule has 1 heterocycles. The first kappa shape index (κ1) is 17.6. The van der Waals surface area contributed by atoms with Crippen LogP contribution in [0.2, 0.25) is 0 Å². The van der Waals surface area contributed by atoms with Crippen molar-refractivity contribution in [1.29, 1.82) is 0 Å². The maximum absolute atomic E-state index is 12.3. The molecule has 23 heavy (non-hydrogen) atoms. The average Bonchev–Trinajstić information content (AvgIpc) is 2.88. The molecule has 0 saturated carbocycles. The van der Waals surface area contributed by atoms with E-state index in [1.54, 1.807) is 11.8 Å². The summed E-state index contributed by atoms with van der Waals surface area (Å²) in [6, 6.07) is 0. The second kappa shape index (κ2) is 7.23. The number of amides is 2. The van der Waals surface area contributed by atoms with E-state index in [2.05, 4.69) is 17.5 Å². The fraction of sp³-hybridized carbons (Fsp3) is 0.765. The SMILES string of the molecule is CCOC(=O)NC[C@H]1CC=CC2CN(C(=O)OC(C)(C)C)CC21. The van der Waals surface area contributed by atoms with Gasteiger partial charge in [-0.25, -0.2) is 9.59 Å². The molecule has 2 unspecified atom stereocenters. The van der Waals surface area contributed by atoms with Gasteiger partial charge in [0.15, 0.2) is 0 Å². The lowest BCUT2D eigenvalue weighted by atomic mass is 9.78. The Labute approximate surface area is 138 Å². The van der Waals surface area contributed by atoms with Crippen molar-refractivity contribution in [2.45, 2.75) is 39.7 Å². The maximum Gasteiger partial charge on any atom is 0.410 e. The molecule has 2 aliphatic rings. The van der Waals surface area contributed by atoms with Crippen molar-refractivity contribution >= 4 is 12.2 Å². The highest BCUT2D eigenvalue weighted by Crippen LogP contribution is 2.36. The Balaban J connectivity index is 1.91. The average molecular weight is 324 g/mol.